The average Bonchev–Trinajstić information content (AvgIpc) is 3.00. The van der Waals surface area contributed by atoms with Crippen molar-refractivity contribution >= 4 is 16.0 Å². The number of hydrogen-bond acceptors (Lipinski definition) is 8. The lowest BCUT2D eigenvalue weighted by atomic mass is 10.1. The summed E-state index contributed by atoms with van der Waals surface area (Å²) in [6.07, 6.45) is 2.40. The Hall–Kier alpha value is -2.04. The second-order valence-corrected chi connectivity index (χ2v) is 8.36. The number of ether oxygens (including phenoxy) is 1. The number of anilines is 1. The Morgan fingerprint density at radius 1 is 1.15 bits per heavy atom. The van der Waals surface area contributed by atoms with Gasteiger partial charge in [0.25, 0.3) is 0 Å². The van der Waals surface area contributed by atoms with E-state index in [1.807, 2.05) is 6.20 Å². The van der Waals surface area contributed by atoms with Crippen LogP contribution in [-0.4, -0.2) is 60.7 Å². The van der Waals surface area contributed by atoms with Crippen molar-refractivity contribution in [3.63, 3.8) is 0 Å². The highest BCUT2D eigenvalue weighted by Gasteiger charge is 2.34. The molecule has 4 heterocycles. The fourth-order valence-corrected chi connectivity index (χ4v) is 5.05. The molecule has 0 N–H and O–H groups in total. The number of hydrogen-bond donors (Lipinski definition) is 0. The molecule has 0 unspecified atom stereocenters. The van der Waals surface area contributed by atoms with Crippen LogP contribution in [0.15, 0.2) is 15.6 Å². The highest BCUT2D eigenvalue weighted by atomic mass is 32.2. The maximum absolute atomic E-state index is 13.0. The topological polar surface area (TPSA) is 102 Å². The van der Waals surface area contributed by atoms with Crippen molar-refractivity contribution in [3.05, 3.63) is 28.9 Å². The molecular formula is C16H21N5O4S. The highest BCUT2D eigenvalue weighted by Crippen LogP contribution is 2.28. The molecule has 0 amide bonds. The molecule has 4 rings (SSSR count). The highest BCUT2D eigenvalue weighted by molar-refractivity contribution is 7.89. The van der Waals surface area contributed by atoms with E-state index in [4.69, 9.17) is 9.26 Å². The third-order valence-electron chi connectivity index (χ3n) is 4.76. The molecule has 0 aliphatic carbocycles. The number of fused-ring (bicyclic) bond motifs is 1. The van der Waals surface area contributed by atoms with Crippen LogP contribution in [0.1, 0.15) is 22.7 Å². The van der Waals surface area contributed by atoms with E-state index in [0.29, 0.717) is 43.6 Å². The van der Waals surface area contributed by atoms with Gasteiger partial charge in [-0.1, -0.05) is 5.16 Å². The predicted molar refractivity (Wildman–Crippen MR) is 92.3 cm³/mol. The summed E-state index contributed by atoms with van der Waals surface area (Å²) in [6, 6.07) is 0. The summed E-state index contributed by atoms with van der Waals surface area (Å²) in [7, 11) is -3.68. The zero-order valence-electron chi connectivity index (χ0n) is 14.8. The van der Waals surface area contributed by atoms with Crippen LogP contribution in [0.2, 0.25) is 0 Å². The molecule has 2 aromatic rings. The van der Waals surface area contributed by atoms with E-state index < -0.39 is 10.0 Å². The van der Waals surface area contributed by atoms with Gasteiger partial charge >= 0.3 is 0 Å². The van der Waals surface area contributed by atoms with Crippen molar-refractivity contribution < 1.29 is 17.7 Å². The summed E-state index contributed by atoms with van der Waals surface area (Å²) in [6.45, 7) is 6.63. The van der Waals surface area contributed by atoms with Crippen molar-refractivity contribution in [2.75, 3.05) is 37.7 Å². The van der Waals surface area contributed by atoms with Gasteiger partial charge in [0.15, 0.2) is 5.76 Å². The SMILES string of the molecule is Cc1noc(C)c1S(=O)(=O)N1CCc2cnc(N3CCOCC3)nc2C1. The van der Waals surface area contributed by atoms with Crippen LogP contribution in [0.25, 0.3) is 0 Å². The van der Waals surface area contributed by atoms with Gasteiger partial charge in [0.1, 0.15) is 10.6 Å². The first-order valence-electron chi connectivity index (χ1n) is 8.57. The zero-order chi connectivity index (χ0) is 18.3. The third kappa shape index (κ3) is 2.97. The molecule has 0 spiro atoms. The second kappa shape index (κ2) is 6.60. The summed E-state index contributed by atoms with van der Waals surface area (Å²) in [5.74, 6) is 0.939. The first-order valence-corrected chi connectivity index (χ1v) is 10.0. The maximum Gasteiger partial charge on any atom is 0.248 e. The quantitative estimate of drug-likeness (QED) is 0.767. The number of aryl methyl sites for hydroxylation is 2. The minimum Gasteiger partial charge on any atom is -0.378 e. The Labute approximate surface area is 152 Å². The molecular weight excluding hydrogens is 358 g/mol. The average molecular weight is 379 g/mol. The lowest BCUT2D eigenvalue weighted by molar-refractivity contribution is 0.122. The summed E-state index contributed by atoms with van der Waals surface area (Å²) >= 11 is 0. The van der Waals surface area contributed by atoms with Gasteiger partial charge in [0.2, 0.25) is 16.0 Å². The molecule has 1 fully saturated rings. The van der Waals surface area contributed by atoms with Crippen LogP contribution in [0.5, 0.6) is 0 Å². The Kier molecular flexibility index (Phi) is 4.41. The lowest BCUT2D eigenvalue weighted by Crippen LogP contribution is -2.39. The van der Waals surface area contributed by atoms with Crippen LogP contribution in [0, 0.1) is 13.8 Å². The molecule has 2 aromatic heterocycles. The van der Waals surface area contributed by atoms with Gasteiger partial charge < -0.3 is 14.2 Å². The van der Waals surface area contributed by atoms with Crippen LogP contribution in [-0.2, 0) is 27.7 Å². The smallest absolute Gasteiger partial charge is 0.248 e. The summed E-state index contributed by atoms with van der Waals surface area (Å²) in [4.78, 5) is 11.3. The molecule has 9 nitrogen and oxygen atoms in total. The summed E-state index contributed by atoms with van der Waals surface area (Å²) in [5, 5.41) is 3.77. The van der Waals surface area contributed by atoms with Crippen LogP contribution >= 0.6 is 0 Å². The standard InChI is InChI=1S/C16H21N5O4S/c1-11-15(12(2)25-19-11)26(22,23)21-4-3-13-9-17-16(18-14(13)10-21)20-5-7-24-8-6-20/h9H,3-8,10H2,1-2H3. The first-order chi connectivity index (χ1) is 12.5. The minimum atomic E-state index is -3.68. The van der Waals surface area contributed by atoms with E-state index in [-0.39, 0.29) is 11.4 Å². The molecule has 10 heteroatoms. The molecule has 2 aliphatic rings. The van der Waals surface area contributed by atoms with Gasteiger partial charge in [-0.3, -0.25) is 0 Å². The van der Waals surface area contributed by atoms with Crippen molar-refractivity contribution in [3.8, 4) is 0 Å². The van der Waals surface area contributed by atoms with E-state index in [0.717, 1.165) is 24.3 Å². The lowest BCUT2D eigenvalue weighted by Gasteiger charge is -2.30. The molecule has 26 heavy (non-hydrogen) atoms. The van der Waals surface area contributed by atoms with Crippen molar-refractivity contribution in [2.45, 2.75) is 31.7 Å². The van der Waals surface area contributed by atoms with Gasteiger partial charge in [0, 0.05) is 25.8 Å². The van der Waals surface area contributed by atoms with E-state index in [1.165, 1.54) is 4.31 Å². The zero-order valence-corrected chi connectivity index (χ0v) is 15.6. The van der Waals surface area contributed by atoms with Gasteiger partial charge in [-0.2, -0.15) is 4.31 Å². The fourth-order valence-electron chi connectivity index (χ4n) is 3.36. The van der Waals surface area contributed by atoms with Gasteiger partial charge in [-0.15, -0.1) is 0 Å². The van der Waals surface area contributed by atoms with Crippen LogP contribution < -0.4 is 4.90 Å². The normalized spacial score (nSPS) is 18.8. The molecule has 0 bridgehead atoms. The number of morpholine rings is 1. The van der Waals surface area contributed by atoms with E-state index in [1.54, 1.807) is 13.8 Å². The Morgan fingerprint density at radius 3 is 2.62 bits per heavy atom. The maximum atomic E-state index is 13.0. The van der Waals surface area contributed by atoms with Crippen LogP contribution in [0.3, 0.4) is 0 Å². The molecule has 0 saturated carbocycles. The Morgan fingerprint density at radius 2 is 1.92 bits per heavy atom. The predicted octanol–water partition coefficient (Wildman–Crippen LogP) is 0.665. The van der Waals surface area contributed by atoms with Gasteiger partial charge in [-0.25, -0.2) is 18.4 Å². The third-order valence-corrected chi connectivity index (χ3v) is 6.85. The van der Waals surface area contributed by atoms with E-state index in [2.05, 4.69) is 20.0 Å². The summed E-state index contributed by atoms with van der Waals surface area (Å²) in [5.41, 5.74) is 2.13. The first kappa shape index (κ1) is 17.4. The van der Waals surface area contributed by atoms with E-state index in [9.17, 15) is 8.42 Å². The monoisotopic (exact) mass is 379 g/mol. The number of nitrogens with zero attached hydrogens (tertiary/aromatic N) is 5. The van der Waals surface area contributed by atoms with Crippen molar-refractivity contribution in [1.82, 2.24) is 19.4 Å². The number of sulfonamides is 1. The van der Waals surface area contributed by atoms with E-state index >= 15 is 0 Å². The molecule has 0 aromatic carbocycles. The van der Waals surface area contributed by atoms with Gasteiger partial charge in [0.05, 0.1) is 25.5 Å². The fraction of sp³-hybridized carbons (Fsp3) is 0.562. The molecule has 2 aliphatic heterocycles. The second-order valence-electron chi connectivity index (χ2n) is 6.48. The molecule has 0 atom stereocenters. The number of aromatic nitrogens is 3. The molecule has 140 valence electrons. The largest absolute Gasteiger partial charge is 0.378 e. The molecule has 0 radical (unpaired) electrons. The van der Waals surface area contributed by atoms with Crippen molar-refractivity contribution in [1.29, 1.82) is 0 Å². The molecule has 1 saturated heterocycles. The van der Waals surface area contributed by atoms with Gasteiger partial charge in [-0.05, 0) is 25.8 Å². The Balaban J connectivity index is 1.62. The Bertz CT molecular complexity index is 901. The number of rotatable bonds is 3. The minimum absolute atomic E-state index is 0.156. The summed E-state index contributed by atoms with van der Waals surface area (Å²) < 4.78 is 37.9. The van der Waals surface area contributed by atoms with Crippen molar-refractivity contribution in [2.24, 2.45) is 0 Å². The van der Waals surface area contributed by atoms with Crippen LogP contribution in [0.4, 0.5) is 5.95 Å².